The fraction of sp³-hybridized carbons (Fsp3) is 0.545. The predicted octanol–water partition coefficient (Wildman–Crippen LogP) is 4.03. The van der Waals surface area contributed by atoms with Crippen LogP contribution >= 0.6 is 0 Å². The number of nitrogens with zero attached hydrogens (tertiary/aromatic N) is 1. The quantitative estimate of drug-likeness (QED) is 0.620. The molecule has 1 rings (SSSR count). The number of hydrogen-bond donors (Lipinski definition) is 0. The number of aryl methyl sites for hydroxylation is 1. The van der Waals surface area contributed by atoms with Crippen molar-refractivity contribution in [1.82, 2.24) is 4.98 Å². The molecule has 0 aliphatic rings. The lowest BCUT2D eigenvalue weighted by molar-refractivity contribution is 0.496. The Hall–Kier alpha value is -0.990. The molecular weight excluding hydrogens is 184 g/mol. The van der Waals surface area contributed by atoms with E-state index in [9.17, 15) is 8.78 Å². The Bertz CT molecular complexity index is 233. The average molecular weight is 203 g/mol. The van der Waals surface area contributed by atoms with Gasteiger partial charge < -0.3 is 0 Å². The molecule has 0 saturated carbocycles. The molecule has 0 bridgehead atoms. The third kappa shape index (κ3) is 4.30. The van der Waals surface area contributed by atoms with E-state index in [1.165, 1.54) is 6.92 Å². The van der Waals surface area contributed by atoms with Crippen molar-refractivity contribution >= 4 is 0 Å². The van der Waals surface area contributed by atoms with E-state index in [1.807, 2.05) is 27.7 Å². The minimum Gasteiger partial charge on any atom is -0.258 e. The normalized spacial score (nSPS) is 8.00. The molecule has 0 atom stereocenters. The van der Waals surface area contributed by atoms with Crippen LogP contribution in [0.4, 0.5) is 8.78 Å². The maximum absolute atomic E-state index is 12.6. The molecular formula is C11H19F2N. The van der Waals surface area contributed by atoms with Crippen molar-refractivity contribution in [2.45, 2.75) is 41.5 Å². The van der Waals surface area contributed by atoms with E-state index in [2.05, 4.69) is 4.98 Å². The van der Waals surface area contributed by atoms with Crippen LogP contribution in [0.5, 0.6) is 0 Å². The van der Waals surface area contributed by atoms with Crippen molar-refractivity contribution in [2.75, 3.05) is 0 Å². The Labute approximate surface area is 85.2 Å². The monoisotopic (exact) mass is 203 g/mol. The maximum atomic E-state index is 12.6. The first kappa shape index (κ1) is 15.5. The van der Waals surface area contributed by atoms with Gasteiger partial charge in [0.05, 0.1) is 6.20 Å². The molecule has 0 unspecified atom stereocenters. The Morgan fingerprint density at radius 3 is 1.79 bits per heavy atom. The Morgan fingerprint density at radius 2 is 1.43 bits per heavy atom. The minimum atomic E-state index is -0.886. The van der Waals surface area contributed by atoms with E-state index >= 15 is 0 Å². The number of pyridine rings is 1. The molecule has 0 amide bonds. The smallest absolute Gasteiger partial charge is 0.177 e. The second kappa shape index (κ2) is 8.60. The van der Waals surface area contributed by atoms with E-state index in [0.29, 0.717) is 5.69 Å². The Balaban J connectivity index is 0. The third-order valence-corrected chi connectivity index (χ3v) is 1.45. The lowest BCUT2D eigenvalue weighted by Gasteiger charge is -1.99. The predicted molar refractivity (Wildman–Crippen MR) is 56.3 cm³/mol. The van der Waals surface area contributed by atoms with Crippen molar-refractivity contribution in [3.63, 3.8) is 0 Å². The topological polar surface area (TPSA) is 12.9 Å². The van der Waals surface area contributed by atoms with Crippen LogP contribution in [0.2, 0.25) is 0 Å². The summed E-state index contributed by atoms with van der Waals surface area (Å²) in [6.45, 7) is 11.1. The molecule has 1 aromatic heterocycles. The van der Waals surface area contributed by atoms with E-state index in [-0.39, 0.29) is 5.56 Å². The Morgan fingerprint density at radius 1 is 1.00 bits per heavy atom. The summed E-state index contributed by atoms with van der Waals surface area (Å²) in [7, 11) is 0. The number of aromatic nitrogens is 1. The first-order valence-corrected chi connectivity index (χ1v) is 4.90. The van der Waals surface area contributed by atoms with Crippen LogP contribution < -0.4 is 0 Å². The summed E-state index contributed by atoms with van der Waals surface area (Å²) in [5.41, 5.74) is 0.805. The van der Waals surface area contributed by atoms with Gasteiger partial charge in [0.15, 0.2) is 11.6 Å². The van der Waals surface area contributed by atoms with E-state index < -0.39 is 11.6 Å². The standard InChI is InChI=1S/C7H7F2N.2C2H6/c1-4-5(2)10-3-6(8)7(4)9;2*1-2/h3H,1-2H3;2*1-2H3. The number of halogens is 2. The van der Waals surface area contributed by atoms with Crippen molar-refractivity contribution in [1.29, 1.82) is 0 Å². The molecule has 0 aromatic carbocycles. The second-order valence-electron chi connectivity index (χ2n) is 2.13. The highest BCUT2D eigenvalue weighted by Gasteiger charge is 2.06. The fourth-order valence-electron chi connectivity index (χ4n) is 0.645. The summed E-state index contributed by atoms with van der Waals surface area (Å²) < 4.78 is 24.9. The lowest BCUT2D eigenvalue weighted by atomic mass is 10.2. The molecule has 0 fully saturated rings. The van der Waals surface area contributed by atoms with Crippen LogP contribution in [0.25, 0.3) is 0 Å². The van der Waals surface area contributed by atoms with Crippen LogP contribution in [0, 0.1) is 25.5 Å². The van der Waals surface area contributed by atoms with Gasteiger partial charge in [0.25, 0.3) is 0 Å². The highest BCUT2D eigenvalue weighted by molar-refractivity contribution is 5.19. The molecule has 0 spiro atoms. The summed E-state index contributed by atoms with van der Waals surface area (Å²) in [4.78, 5) is 3.62. The van der Waals surface area contributed by atoms with Gasteiger partial charge in [-0.1, -0.05) is 27.7 Å². The summed E-state index contributed by atoms with van der Waals surface area (Å²) in [5, 5.41) is 0. The van der Waals surface area contributed by atoms with Crippen LogP contribution in [0.1, 0.15) is 39.0 Å². The van der Waals surface area contributed by atoms with Gasteiger partial charge in [-0.25, -0.2) is 8.78 Å². The van der Waals surface area contributed by atoms with Gasteiger partial charge in [0, 0.05) is 11.3 Å². The maximum Gasteiger partial charge on any atom is 0.177 e. The summed E-state index contributed by atoms with van der Waals surface area (Å²) >= 11 is 0. The molecule has 1 heterocycles. The molecule has 1 nitrogen and oxygen atoms in total. The molecule has 3 heteroatoms. The third-order valence-electron chi connectivity index (χ3n) is 1.45. The van der Waals surface area contributed by atoms with E-state index in [1.54, 1.807) is 6.92 Å². The molecule has 0 radical (unpaired) electrons. The zero-order valence-electron chi connectivity index (χ0n) is 9.78. The highest BCUT2D eigenvalue weighted by atomic mass is 19.2. The number of hydrogen-bond acceptors (Lipinski definition) is 1. The second-order valence-corrected chi connectivity index (χ2v) is 2.13. The first-order valence-electron chi connectivity index (χ1n) is 4.90. The van der Waals surface area contributed by atoms with Crippen LogP contribution in [0.3, 0.4) is 0 Å². The van der Waals surface area contributed by atoms with Crippen LogP contribution in [-0.2, 0) is 0 Å². The zero-order valence-corrected chi connectivity index (χ0v) is 9.78. The van der Waals surface area contributed by atoms with Gasteiger partial charge >= 0.3 is 0 Å². The summed E-state index contributed by atoms with van der Waals surface area (Å²) in [6, 6.07) is 0. The van der Waals surface area contributed by atoms with Gasteiger partial charge in [-0.2, -0.15) is 0 Å². The Kier molecular flexibility index (Phi) is 9.51. The SMILES string of the molecule is CC.CC.Cc1ncc(F)c(F)c1C. The van der Waals surface area contributed by atoms with Gasteiger partial charge in [-0.05, 0) is 13.8 Å². The van der Waals surface area contributed by atoms with E-state index in [0.717, 1.165) is 6.20 Å². The van der Waals surface area contributed by atoms with Crippen LogP contribution in [0.15, 0.2) is 6.20 Å². The van der Waals surface area contributed by atoms with E-state index in [4.69, 9.17) is 0 Å². The molecule has 0 saturated heterocycles. The fourth-order valence-corrected chi connectivity index (χ4v) is 0.645. The number of rotatable bonds is 0. The van der Waals surface area contributed by atoms with Crippen LogP contribution in [-0.4, -0.2) is 4.98 Å². The average Bonchev–Trinajstić information content (AvgIpc) is 2.26. The minimum absolute atomic E-state index is 0.278. The van der Waals surface area contributed by atoms with Gasteiger partial charge in [-0.3, -0.25) is 4.98 Å². The highest BCUT2D eigenvalue weighted by Crippen LogP contribution is 2.11. The van der Waals surface area contributed by atoms with Crippen molar-refractivity contribution in [3.8, 4) is 0 Å². The summed E-state index contributed by atoms with van der Waals surface area (Å²) in [6.07, 6.45) is 0.887. The molecule has 0 aliphatic carbocycles. The van der Waals surface area contributed by atoms with Gasteiger partial charge in [-0.15, -0.1) is 0 Å². The molecule has 14 heavy (non-hydrogen) atoms. The molecule has 1 aromatic rings. The van der Waals surface area contributed by atoms with Gasteiger partial charge in [0.2, 0.25) is 0 Å². The first-order chi connectivity index (χ1) is 6.63. The van der Waals surface area contributed by atoms with Crippen molar-refractivity contribution < 1.29 is 8.78 Å². The molecule has 0 N–H and O–H groups in total. The largest absolute Gasteiger partial charge is 0.258 e. The lowest BCUT2D eigenvalue weighted by Crippen LogP contribution is -1.94. The summed E-state index contributed by atoms with van der Waals surface area (Å²) in [5.74, 6) is -1.68. The van der Waals surface area contributed by atoms with Gasteiger partial charge in [0.1, 0.15) is 0 Å². The molecule has 0 aliphatic heterocycles. The zero-order chi connectivity index (χ0) is 11.7. The van der Waals surface area contributed by atoms with Crippen molar-refractivity contribution in [3.05, 3.63) is 29.1 Å². The molecule has 82 valence electrons. The van der Waals surface area contributed by atoms with Crippen molar-refractivity contribution in [2.24, 2.45) is 0 Å².